The Balaban J connectivity index is 1.99. The molecule has 26 heavy (non-hydrogen) atoms. The lowest BCUT2D eigenvalue weighted by Crippen LogP contribution is -2.31. The van der Waals surface area contributed by atoms with E-state index in [0.29, 0.717) is 41.7 Å². The maximum absolute atomic E-state index is 12.4. The third-order valence-corrected chi connectivity index (χ3v) is 4.57. The van der Waals surface area contributed by atoms with Gasteiger partial charge in [0.15, 0.2) is 0 Å². The number of nitrogens with one attached hydrogen (secondary N) is 1. The van der Waals surface area contributed by atoms with Gasteiger partial charge in [-0.3, -0.25) is 14.6 Å². The number of halogens is 2. The van der Waals surface area contributed by atoms with E-state index in [1.54, 1.807) is 23.1 Å². The van der Waals surface area contributed by atoms with Crippen molar-refractivity contribution in [1.82, 2.24) is 15.2 Å². The Morgan fingerprint density at radius 1 is 1.12 bits per heavy atom. The van der Waals surface area contributed by atoms with Crippen LogP contribution in [0.15, 0.2) is 36.5 Å². The van der Waals surface area contributed by atoms with Crippen molar-refractivity contribution < 1.29 is 9.59 Å². The average molecular weight is 394 g/mol. The number of carbonyl (C=O) groups is 2. The zero-order chi connectivity index (χ0) is 19.1. The molecule has 5 nitrogen and oxygen atoms in total. The first-order chi connectivity index (χ1) is 12.5. The Hall–Kier alpha value is -2.11. The van der Waals surface area contributed by atoms with E-state index in [9.17, 15) is 9.59 Å². The van der Waals surface area contributed by atoms with Crippen LogP contribution in [0.25, 0.3) is 0 Å². The Morgan fingerprint density at radius 3 is 2.50 bits per heavy atom. The van der Waals surface area contributed by atoms with Crippen molar-refractivity contribution in [2.75, 3.05) is 19.6 Å². The molecule has 0 saturated carbocycles. The van der Waals surface area contributed by atoms with Crippen LogP contribution in [0.1, 0.15) is 40.3 Å². The van der Waals surface area contributed by atoms with Crippen LogP contribution >= 0.6 is 23.2 Å². The fourth-order valence-electron chi connectivity index (χ4n) is 2.50. The van der Waals surface area contributed by atoms with E-state index in [4.69, 9.17) is 23.2 Å². The Kier molecular flexibility index (Phi) is 7.42. The highest BCUT2D eigenvalue weighted by atomic mass is 35.5. The maximum atomic E-state index is 12.4. The van der Waals surface area contributed by atoms with E-state index in [1.807, 2.05) is 19.9 Å². The normalized spacial score (nSPS) is 10.5. The van der Waals surface area contributed by atoms with Gasteiger partial charge in [-0.2, -0.15) is 0 Å². The number of hydrogen-bond donors (Lipinski definition) is 1. The van der Waals surface area contributed by atoms with Crippen LogP contribution in [-0.2, 0) is 6.42 Å². The molecule has 0 spiro atoms. The molecule has 0 bridgehead atoms. The molecule has 7 heteroatoms. The first-order valence-corrected chi connectivity index (χ1v) is 9.19. The number of carbonyl (C=O) groups excluding carboxylic acids is 2. The van der Waals surface area contributed by atoms with Crippen LogP contribution in [0.2, 0.25) is 10.0 Å². The van der Waals surface area contributed by atoms with Gasteiger partial charge in [0.05, 0.1) is 0 Å². The lowest BCUT2D eigenvalue weighted by Gasteiger charge is -2.18. The largest absolute Gasteiger partial charge is 0.352 e. The quantitative estimate of drug-likeness (QED) is 0.776. The minimum atomic E-state index is -0.258. The number of aromatic nitrogens is 1. The molecule has 0 radical (unpaired) electrons. The highest BCUT2D eigenvalue weighted by molar-refractivity contribution is 6.35. The number of hydrogen-bond acceptors (Lipinski definition) is 3. The predicted molar refractivity (Wildman–Crippen MR) is 104 cm³/mol. The van der Waals surface area contributed by atoms with Crippen LogP contribution in [0.5, 0.6) is 0 Å². The van der Waals surface area contributed by atoms with Crippen LogP contribution in [0.4, 0.5) is 0 Å². The predicted octanol–water partition coefficient (Wildman–Crippen LogP) is 3.84. The van der Waals surface area contributed by atoms with E-state index in [0.717, 1.165) is 5.56 Å². The number of pyridine rings is 1. The molecule has 2 aromatic rings. The molecular weight excluding hydrogens is 373 g/mol. The van der Waals surface area contributed by atoms with Gasteiger partial charge in [0.2, 0.25) is 0 Å². The molecule has 1 N–H and O–H groups in total. The SMILES string of the molecule is CCN(CC)C(=O)c1cc(C(=O)NCCc2ccc(Cl)cc2Cl)ccn1. The smallest absolute Gasteiger partial charge is 0.272 e. The molecule has 0 aliphatic carbocycles. The molecule has 0 aliphatic rings. The number of rotatable bonds is 7. The van der Waals surface area contributed by atoms with E-state index < -0.39 is 0 Å². The van der Waals surface area contributed by atoms with Gasteiger partial charge in [0, 0.05) is 41.4 Å². The van der Waals surface area contributed by atoms with E-state index in [-0.39, 0.29) is 17.5 Å². The second-order valence-electron chi connectivity index (χ2n) is 5.65. The Labute approximate surface area is 163 Å². The summed E-state index contributed by atoms with van der Waals surface area (Å²) in [5, 5.41) is 3.98. The van der Waals surface area contributed by atoms with E-state index in [1.165, 1.54) is 12.3 Å². The molecular formula is C19H21Cl2N3O2. The molecule has 2 rings (SSSR count). The first kappa shape index (κ1) is 20.2. The fraction of sp³-hybridized carbons (Fsp3) is 0.316. The van der Waals surface area contributed by atoms with E-state index >= 15 is 0 Å². The summed E-state index contributed by atoms with van der Waals surface area (Å²) in [7, 11) is 0. The second kappa shape index (κ2) is 9.55. The minimum Gasteiger partial charge on any atom is -0.352 e. The molecule has 0 unspecified atom stereocenters. The summed E-state index contributed by atoms with van der Waals surface area (Å²) < 4.78 is 0. The first-order valence-electron chi connectivity index (χ1n) is 8.43. The zero-order valence-corrected chi connectivity index (χ0v) is 16.3. The summed E-state index contributed by atoms with van der Waals surface area (Å²) in [6, 6.07) is 8.38. The summed E-state index contributed by atoms with van der Waals surface area (Å²) in [4.78, 5) is 30.4. The van der Waals surface area contributed by atoms with Crippen LogP contribution < -0.4 is 5.32 Å². The third-order valence-electron chi connectivity index (χ3n) is 3.99. The molecule has 0 aliphatic heterocycles. The highest BCUT2D eigenvalue weighted by Crippen LogP contribution is 2.21. The topological polar surface area (TPSA) is 62.3 Å². The molecule has 2 amide bonds. The van der Waals surface area contributed by atoms with E-state index in [2.05, 4.69) is 10.3 Å². The molecule has 1 aromatic carbocycles. The lowest BCUT2D eigenvalue weighted by molar-refractivity contribution is 0.0767. The van der Waals surface area contributed by atoms with Crippen molar-refractivity contribution in [3.63, 3.8) is 0 Å². The maximum Gasteiger partial charge on any atom is 0.272 e. The fourth-order valence-corrected chi connectivity index (χ4v) is 3.00. The van der Waals surface area contributed by atoms with Crippen molar-refractivity contribution >= 4 is 35.0 Å². The second-order valence-corrected chi connectivity index (χ2v) is 6.49. The van der Waals surface area contributed by atoms with Crippen LogP contribution in [0.3, 0.4) is 0 Å². The van der Waals surface area contributed by atoms with Gasteiger partial charge >= 0.3 is 0 Å². The molecule has 138 valence electrons. The van der Waals surface area contributed by atoms with Gasteiger partial charge in [-0.1, -0.05) is 29.3 Å². The number of benzene rings is 1. The Bertz CT molecular complexity index is 792. The molecule has 1 heterocycles. The monoisotopic (exact) mass is 393 g/mol. The molecule has 0 saturated heterocycles. The van der Waals surface area contributed by atoms with Crippen molar-refractivity contribution in [2.45, 2.75) is 20.3 Å². The van der Waals surface area contributed by atoms with Crippen LogP contribution in [0, 0.1) is 0 Å². The highest BCUT2D eigenvalue weighted by Gasteiger charge is 2.16. The van der Waals surface area contributed by atoms with Crippen molar-refractivity contribution in [3.8, 4) is 0 Å². The van der Waals surface area contributed by atoms with Gasteiger partial charge < -0.3 is 10.2 Å². The van der Waals surface area contributed by atoms with Crippen molar-refractivity contribution in [2.24, 2.45) is 0 Å². The lowest BCUT2D eigenvalue weighted by atomic mass is 10.1. The summed E-state index contributed by atoms with van der Waals surface area (Å²) in [6.07, 6.45) is 2.06. The summed E-state index contributed by atoms with van der Waals surface area (Å²) in [6.45, 7) is 5.41. The van der Waals surface area contributed by atoms with Gasteiger partial charge in [-0.15, -0.1) is 0 Å². The average Bonchev–Trinajstić information content (AvgIpc) is 2.64. The molecule has 1 aromatic heterocycles. The zero-order valence-electron chi connectivity index (χ0n) is 14.8. The van der Waals surface area contributed by atoms with Crippen LogP contribution in [-0.4, -0.2) is 41.3 Å². The van der Waals surface area contributed by atoms with Crippen molar-refractivity contribution in [3.05, 3.63) is 63.4 Å². The van der Waals surface area contributed by atoms with Gasteiger partial charge in [-0.25, -0.2) is 0 Å². The van der Waals surface area contributed by atoms with Crippen molar-refractivity contribution in [1.29, 1.82) is 0 Å². The van der Waals surface area contributed by atoms with Gasteiger partial charge in [0.25, 0.3) is 11.8 Å². The molecule has 0 fully saturated rings. The Morgan fingerprint density at radius 2 is 1.85 bits per heavy atom. The van der Waals surface area contributed by atoms with Gasteiger partial charge in [-0.05, 0) is 50.1 Å². The summed E-state index contributed by atoms with van der Waals surface area (Å²) in [5.41, 5.74) is 1.57. The third kappa shape index (κ3) is 5.19. The number of amides is 2. The standard InChI is InChI=1S/C19H21Cl2N3O2/c1-3-24(4-2)19(26)17-11-14(8-9-22-17)18(25)23-10-7-13-5-6-15(20)12-16(13)21/h5-6,8-9,11-12H,3-4,7,10H2,1-2H3,(H,23,25). The number of nitrogens with zero attached hydrogens (tertiary/aromatic N) is 2. The summed E-state index contributed by atoms with van der Waals surface area (Å²) >= 11 is 12.0. The van der Waals surface area contributed by atoms with Gasteiger partial charge in [0.1, 0.15) is 5.69 Å². The minimum absolute atomic E-state index is 0.183. The molecule has 0 atom stereocenters. The summed E-state index contributed by atoms with van der Waals surface area (Å²) in [5.74, 6) is -0.441.